The van der Waals surface area contributed by atoms with Crippen molar-refractivity contribution in [1.82, 2.24) is 20.4 Å². The molecular formula is C13H17F3N4O3. The third kappa shape index (κ3) is 5.22. The van der Waals surface area contributed by atoms with Crippen molar-refractivity contribution in [3.05, 3.63) is 11.7 Å². The summed E-state index contributed by atoms with van der Waals surface area (Å²) in [5, 5.41) is 5.75. The van der Waals surface area contributed by atoms with Crippen molar-refractivity contribution in [2.75, 3.05) is 19.6 Å². The Morgan fingerprint density at radius 2 is 2.13 bits per heavy atom. The van der Waals surface area contributed by atoms with Crippen LogP contribution in [0.3, 0.4) is 0 Å². The maximum Gasteiger partial charge on any atom is 0.471 e. The molecule has 0 aromatic carbocycles. The second-order valence-corrected chi connectivity index (χ2v) is 5.20. The molecule has 1 aliphatic heterocycles. The number of piperidine rings is 1. The van der Waals surface area contributed by atoms with Crippen molar-refractivity contribution < 1.29 is 27.3 Å². The number of rotatable bonds is 6. The van der Waals surface area contributed by atoms with E-state index < -0.39 is 12.1 Å². The standard InChI is InChI=1S/C13H17F3N4O3/c14-13(15,16)12-18-9(19-23-12)4-6-17-10(21)5-8-20-7-2-1-3-11(20)22/h1-8H2,(H,17,21). The molecule has 23 heavy (non-hydrogen) atoms. The molecule has 128 valence electrons. The number of likely N-dealkylation sites (tertiary alicyclic amines) is 1. The predicted molar refractivity (Wildman–Crippen MR) is 71.1 cm³/mol. The first kappa shape index (κ1) is 17.2. The molecule has 1 fully saturated rings. The van der Waals surface area contributed by atoms with Gasteiger partial charge >= 0.3 is 12.1 Å². The van der Waals surface area contributed by atoms with Gasteiger partial charge in [0.25, 0.3) is 0 Å². The lowest BCUT2D eigenvalue weighted by Gasteiger charge is -2.26. The van der Waals surface area contributed by atoms with Crippen LogP contribution in [-0.2, 0) is 22.2 Å². The number of nitrogens with one attached hydrogen (secondary N) is 1. The minimum atomic E-state index is -4.67. The second-order valence-electron chi connectivity index (χ2n) is 5.20. The summed E-state index contributed by atoms with van der Waals surface area (Å²) in [4.78, 5) is 28.1. The molecule has 0 unspecified atom stereocenters. The zero-order chi connectivity index (χ0) is 16.9. The van der Waals surface area contributed by atoms with Gasteiger partial charge in [-0.05, 0) is 12.8 Å². The van der Waals surface area contributed by atoms with Crippen LogP contribution in [0.5, 0.6) is 0 Å². The summed E-state index contributed by atoms with van der Waals surface area (Å²) in [7, 11) is 0. The SMILES string of the molecule is O=C(CCN1CCCCC1=O)NCCc1noc(C(F)(F)F)n1. The van der Waals surface area contributed by atoms with Crippen molar-refractivity contribution in [2.24, 2.45) is 0 Å². The minimum absolute atomic E-state index is 0.0357. The highest BCUT2D eigenvalue weighted by Crippen LogP contribution is 2.27. The molecule has 0 atom stereocenters. The molecule has 0 radical (unpaired) electrons. The van der Waals surface area contributed by atoms with Gasteiger partial charge < -0.3 is 14.7 Å². The van der Waals surface area contributed by atoms with Crippen molar-refractivity contribution in [3.8, 4) is 0 Å². The second kappa shape index (κ2) is 7.42. The molecule has 0 saturated carbocycles. The highest BCUT2D eigenvalue weighted by Gasteiger charge is 2.38. The van der Waals surface area contributed by atoms with Crippen LogP contribution in [0.25, 0.3) is 0 Å². The molecule has 7 nitrogen and oxygen atoms in total. The van der Waals surface area contributed by atoms with E-state index in [-0.39, 0.29) is 37.0 Å². The summed E-state index contributed by atoms with van der Waals surface area (Å²) >= 11 is 0. The van der Waals surface area contributed by atoms with Crippen molar-refractivity contribution in [3.63, 3.8) is 0 Å². The molecule has 10 heteroatoms. The molecule has 2 amide bonds. The van der Waals surface area contributed by atoms with E-state index in [0.29, 0.717) is 19.5 Å². The van der Waals surface area contributed by atoms with Crippen LogP contribution in [-0.4, -0.2) is 46.5 Å². The highest BCUT2D eigenvalue weighted by atomic mass is 19.4. The van der Waals surface area contributed by atoms with E-state index in [4.69, 9.17) is 0 Å². The molecule has 2 heterocycles. The number of carbonyl (C=O) groups is 2. The molecule has 1 aliphatic rings. The number of nitrogens with zero attached hydrogens (tertiary/aromatic N) is 3. The number of carbonyl (C=O) groups excluding carboxylic acids is 2. The number of hydrogen-bond donors (Lipinski definition) is 1. The highest BCUT2D eigenvalue weighted by molar-refractivity contribution is 5.79. The third-order valence-electron chi connectivity index (χ3n) is 3.41. The Labute approximate surface area is 130 Å². The molecule has 2 rings (SSSR count). The van der Waals surface area contributed by atoms with Gasteiger partial charge in [0.1, 0.15) is 0 Å². The van der Waals surface area contributed by atoms with Crippen molar-refractivity contribution in [2.45, 2.75) is 38.3 Å². The summed E-state index contributed by atoms with van der Waals surface area (Å²) in [6, 6.07) is 0. The van der Waals surface area contributed by atoms with Crippen molar-refractivity contribution in [1.29, 1.82) is 0 Å². The number of amides is 2. The number of hydrogen-bond acceptors (Lipinski definition) is 5. The largest absolute Gasteiger partial charge is 0.471 e. The average molecular weight is 334 g/mol. The van der Waals surface area contributed by atoms with Crippen LogP contribution in [0.15, 0.2) is 4.52 Å². The normalized spacial score (nSPS) is 15.8. The lowest BCUT2D eigenvalue weighted by Crippen LogP contribution is -2.38. The molecule has 0 spiro atoms. The van der Waals surface area contributed by atoms with Gasteiger partial charge in [0, 0.05) is 38.9 Å². The van der Waals surface area contributed by atoms with Gasteiger partial charge in [-0.3, -0.25) is 9.59 Å². The van der Waals surface area contributed by atoms with E-state index in [0.717, 1.165) is 12.8 Å². The zero-order valence-electron chi connectivity index (χ0n) is 12.4. The first-order valence-electron chi connectivity index (χ1n) is 7.30. The summed E-state index contributed by atoms with van der Waals surface area (Å²) in [6.45, 7) is 1.11. The van der Waals surface area contributed by atoms with Gasteiger partial charge in [-0.2, -0.15) is 18.2 Å². The summed E-state index contributed by atoms with van der Waals surface area (Å²) in [5.41, 5.74) is 0. The van der Waals surface area contributed by atoms with Crippen molar-refractivity contribution >= 4 is 11.8 Å². The van der Waals surface area contributed by atoms with E-state index >= 15 is 0 Å². The van der Waals surface area contributed by atoms with E-state index in [1.807, 2.05) is 0 Å². The Morgan fingerprint density at radius 1 is 1.35 bits per heavy atom. The van der Waals surface area contributed by atoms with Crippen LogP contribution in [0.4, 0.5) is 13.2 Å². The van der Waals surface area contributed by atoms with Gasteiger partial charge in [0.15, 0.2) is 5.82 Å². The molecule has 0 aliphatic carbocycles. The van der Waals surface area contributed by atoms with Crippen LogP contribution in [0.2, 0.25) is 0 Å². The fraction of sp³-hybridized carbons (Fsp3) is 0.692. The number of alkyl halides is 3. The Kier molecular flexibility index (Phi) is 5.56. The van der Waals surface area contributed by atoms with Crippen LogP contribution < -0.4 is 5.32 Å². The molecule has 1 aromatic heterocycles. The van der Waals surface area contributed by atoms with Gasteiger partial charge in [-0.25, -0.2) is 0 Å². The number of halogens is 3. The summed E-state index contributed by atoms with van der Waals surface area (Å²) in [5.74, 6) is -1.75. The monoisotopic (exact) mass is 334 g/mol. The van der Waals surface area contributed by atoms with E-state index in [1.165, 1.54) is 0 Å². The predicted octanol–water partition coefficient (Wildman–Crippen LogP) is 1.15. The first-order valence-corrected chi connectivity index (χ1v) is 7.30. The van der Waals surface area contributed by atoms with E-state index in [1.54, 1.807) is 4.90 Å². The lowest BCUT2D eigenvalue weighted by atomic mass is 10.1. The Balaban J connectivity index is 1.66. The van der Waals surface area contributed by atoms with Gasteiger partial charge in [-0.1, -0.05) is 5.16 Å². The van der Waals surface area contributed by atoms with Crippen LogP contribution >= 0.6 is 0 Å². The molecule has 1 N–H and O–H groups in total. The first-order chi connectivity index (χ1) is 10.9. The van der Waals surface area contributed by atoms with Gasteiger partial charge in [0.05, 0.1) is 0 Å². The smallest absolute Gasteiger partial charge is 0.356 e. The maximum absolute atomic E-state index is 12.3. The van der Waals surface area contributed by atoms with Gasteiger partial charge in [0.2, 0.25) is 11.8 Å². The Bertz CT molecular complexity index is 559. The summed E-state index contributed by atoms with van der Waals surface area (Å²) < 4.78 is 40.9. The molecule has 0 bridgehead atoms. The third-order valence-corrected chi connectivity index (χ3v) is 3.41. The van der Waals surface area contributed by atoms with E-state index in [2.05, 4.69) is 20.0 Å². The topological polar surface area (TPSA) is 88.3 Å². The molecule has 1 aromatic rings. The average Bonchev–Trinajstić information content (AvgIpc) is 2.95. The molecule has 1 saturated heterocycles. The Hall–Kier alpha value is -2.13. The minimum Gasteiger partial charge on any atom is -0.356 e. The fourth-order valence-electron chi connectivity index (χ4n) is 2.21. The lowest BCUT2D eigenvalue weighted by molar-refractivity contribution is -0.159. The van der Waals surface area contributed by atoms with E-state index in [9.17, 15) is 22.8 Å². The van der Waals surface area contributed by atoms with Gasteiger partial charge in [-0.15, -0.1) is 0 Å². The Morgan fingerprint density at radius 3 is 2.78 bits per heavy atom. The molecular weight excluding hydrogens is 317 g/mol. The van der Waals surface area contributed by atoms with Crippen LogP contribution in [0.1, 0.15) is 37.4 Å². The fourth-order valence-corrected chi connectivity index (χ4v) is 2.21. The number of aromatic nitrogens is 2. The van der Waals surface area contributed by atoms with Crippen LogP contribution in [0, 0.1) is 0 Å². The maximum atomic E-state index is 12.3. The quantitative estimate of drug-likeness (QED) is 0.843. The summed E-state index contributed by atoms with van der Waals surface area (Å²) in [6.07, 6.45) is -2.14. The zero-order valence-corrected chi connectivity index (χ0v) is 12.4.